The van der Waals surface area contributed by atoms with Gasteiger partial charge in [0.25, 0.3) is 5.91 Å². The molecule has 1 aromatic heterocycles. The molecule has 0 bridgehead atoms. The van der Waals surface area contributed by atoms with Gasteiger partial charge in [0.1, 0.15) is 6.04 Å². The van der Waals surface area contributed by atoms with Gasteiger partial charge in [-0.2, -0.15) is 4.68 Å². The number of hydrogen-bond acceptors (Lipinski definition) is 5. The minimum absolute atomic E-state index is 0.210. The normalized spacial score (nSPS) is 15.8. The number of nitrogens with one attached hydrogen (secondary N) is 2. The van der Waals surface area contributed by atoms with E-state index < -0.39 is 6.04 Å². The van der Waals surface area contributed by atoms with E-state index >= 15 is 0 Å². The van der Waals surface area contributed by atoms with E-state index in [9.17, 15) is 4.79 Å². The summed E-state index contributed by atoms with van der Waals surface area (Å²) >= 11 is 6.04. The summed E-state index contributed by atoms with van der Waals surface area (Å²) in [5, 5.41) is 18.6. The van der Waals surface area contributed by atoms with Gasteiger partial charge in [-0.05, 0) is 60.5 Å². The van der Waals surface area contributed by atoms with Crippen LogP contribution in [0.3, 0.4) is 0 Å². The Morgan fingerprint density at radius 1 is 1.14 bits per heavy atom. The van der Waals surface area contributed by atoms with Crippen LogP contribution in [0.15, 0.2) is 53.7 Å². The minimum Gasteiger partial charge on any atom is -0.326 e. The molecule has 2 N–H and O–H groups in total. The zero-order valence-corrected chi connectivity index (χ0v) is 16.4. The van der Waals surface area contributed by atoms with Crippen molar-refractivity contribution in [3.8, 4) is 0 Å². The molecule has 0 aliphatic carbocycles. The number of carbonyl (C=O) groups is 1. The van der Waals surface area contributed by atoms with E-state index in [1.165, 1.54) is 0 Å². The van der Waals surface area contributed by atoms with Gasteiger partial charge in [-0.15, -0.1) is 0 Å². The van der Waals surface area contributed by atoms with E-state index in [-0.39, 0.29) is 5.91 Å². The lowest BCUT2D eigenvalue weighted by Crippen LogP contribution is -2.31. The molecule has 28 heavy (non-hydrogen) atoms. The third-order valence-electron chi connectivity index (χ3n) is 4.77. The average molecular weight is 395 g/mol. The highest BCUT2D eigenvalue weighted by atomic mass is 35.5. The number of tetrazole rings is 1. The molecular weight excluding hydrogens is 376 g/mol. The molecule has 7 nitrogen and oxygen atoms in total. The summed E-state index contributed by atoms with van der Waals surface area (Å²) in [6.45, 7) is 5.84. The number of allylic oxidation sites excluding steroid dienone is 1. The molecule has 0 saturated carbocycles. The van der Waals surface area contributed by atoms with Gasteiger partial charge in [0.15, 0.2) is 0 Å². The van der Waals surface area contributed by atoms with E-state index in [2.05, 4.69) is 26.2 Å². The fourth-order valence-corrected chi connectivity index (χ4v) is 3.53. The summed E-state index contributed by atoms with van der Waals surface area (Å²) in [5.74, 6) is 0.276. The lowest BCUT2D eigenvalue weighted by molar-refractivity contribution is -0.113. The molecule has 1 unspecified atom stereocenters. The molecule has 0 fully saturated rings. The Morgan fingerprint density at radius 2 is 1.89 bits per heavy atom. The van der Waals surface area contributed by atoms with Crippen molar-refractivity contribution in [3.63, 3.8) is 0 Å². The molecule has 2 aromatic carbocycles. The number of carbonyl (C=O) groups excluding carboxylic acids is 1. The van der Waals surface area contributed by atoms with Crippen molar-refractivity contribution in [2.24, 2.45) is 0 Å². The molecular formula is C20H19ClN6O. The van der Waals surface area contributed by atoms with Crippen LogP contribution < -0.4 is 10.6 Å². The van der Waals surface area contributed by atoms with Gasteiger partial charge in [0.05, 0.1) is 5.57 Å². The summed E-state index contributed by atoms with van der Waals surface area (Å²) in [7, 11) is 0. The molecule has 1 amide bonds. The van der Waals surface area contributed by atoms with E-state index in [0.717, 1.165) is 22.4 Å². The van der Waals surface area contributed by atoms with Crippen LogP contribution in [0.4, 0.5) is 11.6 Å². The Kier molecular flexibility index (Phi) is 4.60. The monoisotopic (exact) mass is 394 g/mol. The largest absolute Gasteiger partial charge is 0.326 e. The average Bonchev–Trinajstić information content (AvgIpc) is 3.11. The van der Waals surface area contributed by atoms with Crippen molar-refractivity contribution >= 4 is 29.1 Å². The Labute approximate surface area is 167 Å². The number of nitrogens with zero attached hydrogens (tertiary/aromatic N) is 4. The number of halogens is 1. The summed E-state index contributed by atoms with van der Waals surface area (Å²) < 4.78 is 1.60. The Hall–Kier alpha value is -3.19. The number of anilines is 2. The van der Waals surface area contributed by atoms with Crippen LogP contribution in [-0.4, -0.2) is 26.1 Å². The maximum Gasteiger partial charge on any atom is 0.255 e. The first-order chi connectivity index (χ1) is 13.4. The van der Waals surface area contributed by atoms with Crippen LogP contribution in [0.5, 0.6) is 0 Å². The number of aromatic nitrogens is 4. The lowest BCUT2D eigenvalue weighted by Gasteiger charge is -2.28. The smallest absolute Gasteiger partial charge is 0.255 e. The summed E-state index contributed by atoms with van der Waals surface area (Å²) in [6, 6.07) is 12.8. The van der Waals surface area contributed by atoms with E-state index in [1.54, 1.807) is 16.8 Å². The molecule has 1 aliphatic heterocycles. The molecule has 0 saturated heterocycles. The van der Waals surface area contributed by atoms with Crippen molar-refractivity contribution in [3.05, 3.63) is 75.4 Å². The summed E-state index contributed by atoms with van der Waals surface area (Å²) in [6.07, 6.45) is 0. The standard InChI is InChI=1S/C20H19ClN6O/c1-11-4-9-16(12(2)10-11)23-19(28)17-13(3)22-20-24-25-26-27(20)18(17)14-5-7-15(21)8-6-14/h4-10,18H,1-3H3,(H,23,28)(H,22,24,26). The number of benzene rings is 2. The fourth-order valence-electron chi connectivity index (χ4n) is 3.40. The summed E-state index contributed by atoms with van der Waals surface area (Å²) in [4.78, 5) is 13.3. The number of amides is 1. The third kappa shape index (κ3) is 3.25. The van der Waals surface area contributed by atoms with Gasteiger partial charge in [-0.1, -0.05) is 46.5 Å². The lowest BCUT2D eigenvalue weighted by atomic mass is 9.95. The van der Waals surface area contributed by atoms with E-state index in [4.69, 9.17) is 11.6 Å². The number of aryl methyl sites for hydroxylation is 2. The first-order valence-corrected chi connectivity index (χ1v) is 9.21. The molecule has 0 spiro atoms. The zero-order valence-electron chi connectivity index (χ0n) is 15.7. The van der Waals surface area contributed by atoms with Crippen molar-refractivity contribution in [2.75, 3.05) is 10.6 Å². The minimum atomic E-state index is -0.464. The Balaban J connectivity index is 1.76. The molecule has 1 aliphatic rings. The van der Waals surface area contributed by atoms with Gasteiger partial charge in [-0.3, -0.25) is 4.79 Å². The van der Waals surface area contributed by atoms with E-state index in [1.807, 2.05) is 51.1 Å². The van der Waals surface area contributed by atoms with Crippen LogP contribution in [0.2, 0.25) is 5.02 Å². The highest BCUT2D eigenvalue weighted by molar-refractivity contribution is 6.30. The van der Waals surface area contributed by atoms with Gasteiger partial charge < -0.3 is 10.6 Å². The highest BCUT2D eigenvalue weighted by Crippen LogP contribution is 2.35. The maximum atomic E-state index is 13.3. The van der Waals surface area contributed by atoms with Crippen LogP contribution in [-0.2, 0) is 4.79 Å². The van der Waals surface area contributed by atoms with Crippen LogP contribution in [0.1, 0.15) is 29.7 Å². The van der Waals surface area contributed by atoms with Gasteiger partial charge in [-0.25, -0.2) is 0 Å². The van der Waals surface area contributed by atoms with Crippen molar-refractivity contribution in [1.29, 1.82) is 0 Å². The van der Waals surface area contributed by atoms with Crippen LogP contribution >= 0.6 is 11.6 Å². The number of fused-ring (bicyclic) bond motifs is 1. The molecule has 3 aromatic rings. The predicted octanol–water partition coefficient (Wildman–Crippen LogP) is 3.87. The highest BCUT2D eigenvalue weighted by Gasteiger charge is 2.34. The van der Waals surface area contributed by atoms with Crippen molar-refractivity contribution < 1.29 is 4.79 Å². The topological polar surface area (TPSA) is 84.7 Å². The van der Waals surface area contributed by atoms with Crippen LogP contribution in [0.25, 0.3) is 0 Å². The molecule has 142 valence electrons. The van der Waals surface area contributed by atoms with Crippen molar-refractivity contribution in [1.82, 2.24) is 20.2 Å². The Bertz CT molecular complexity index is 1090. The van der Waals surface area contributed by atoms with Crippen LogP contribution in [0, 0.1) is 13.8 Å². The molecule has 4 rings (SSSR count). The quantitative estimate of drug-likeness (QED) is 0.704. The SMILES string of the molecule is CC1=C(C(=O)Nc2ccc(C)cc2C)C(c2ccc(Cl)cc2)n2nnnc2N1. The molecule has 8 heteroatoms. The summed E-state index contributed by atoms with van der Waals surface area (Å²) in [5.41, 5.74) is 5.02. The molecule has 0 radical (unpaired) electrons. The number of hydrogen-bond donors (Lipinski definition) is 2. The second-order valence-electron chi connectivity index (χ2n) is 6.84. The fraction of sp³-hybridized carbons (Fsp3) is 0.200. The van der Waals surface area contributed by atoms with Gasteiger partial charge in [0, 0.05) is 16.4 Å². The second kappa shape index (κ2) is 7.09. The first-order valence-electron chi connectivity index (χ1n) is 8.84. The van der Waals surface area contributed by atoms with E-state index in [0.29, 0.717) is 22.2 Å². The zero-order chi connectivity index (χ0) is 19.8. The van der Waals surface area contributed by atoms with Gasteiger partial charge >= 0.3 is 0 Å². The third-order valence-corrected chi connectivity index (χ3v) is 5.03. The molecule has 1 atom stereocenters. The van der Waals surface area contributed by atoms with Gasteiger partial charge in [0.2, 0.25) is 5.95 Å². The first kappa shape index (κ1) is 18.2. The molecule has 2 heterocycles. The predicted molar refractivity (Wildman–Crippen MR) is 108 cm³/mol. The maximum absolute atomic E-state index is 13.3. The van der Waals surface area contributed by atoms with Crippen molar-refractivity contribution in [2.45, 2.75) is 26.8 Å². The number of rotatable bonds is 3. The Morgan fingerprint density at radius 3 is 2.61 bits per heavy atom. The second-order valence-corrected chi connectivity index (χ2v) is 7.27.